The predicted octanol–water partition coefficient (Wildman–Crippen LogP) is 1.91. The fourth-order valence-corrected chi connectivity index (χ4v) is 2.11. The molecular formula is C12H18N2O. The zero-order valence-electron chi connectivity index (χ0n) is 9.15. The summed E-state index contributed by atoms with van der Waals surface area (Å²) < 4.78 is 5.73. The van der Waals surface area contributed by atoms with Gasteiger partial charge in [-0.05, 0) is 31.0 Å². The van der Waals surface area contributed by atoms with Gasteiger partial charge in [0.2, 0.25) is 0 Å². The van der Waals surface area contributed by atoms with E-state index in [1.807, 2.05) is 18.5 Å². The second kappa shape index (κ2) is 5.24. The molecule has 2 unspecified atom stereocenters. The van der Waals surface area contributed by atoms with Crippen LogP contribution in [-0.4, -0.2) is 24.2 Å². The van der Waals surface area contributed by atoms with Gasteiger partial charge in [0.1, 0.15) is 0 Å². The second-order valence-electron chi connectivity index (χ2n) is 3.87. The molecule has 0 spiro atoms. The molecule has 2 rings (SSSR count). The van der Waals surface area contributed by atoms with Gasteiger partial charge in [-0.15, -0.1) is 0 Å². The summed E-state index contributed by atoms with van der Waals surface area (Å²) in [6.45, 7) is 3.98. The molecule has 0 aromatic carbocycles. The highest BCUT2D eigenvalue weighted by Crippen LogP contribution is 2.26. The van der Waals surface area contributed by atoms with Crippen molar-refractivity contribution in [1.82, 2.24) is 10.3 Å². The fourth-order valence-electron chi connectivity index (χ4n) is 2.11. The molecule has 0 saturated carbocycles. The SMILES string of the molecule is CCNC(c1cccnc1)C1CCCO1. The molecule has 2 atom stereocenters. The van der Waals surface area contributed by atoms with E-state index in [4.69, 9.17) is 4.74 Å². The fraction of sp³-hybridized carbons (Fsp3) is 0.583. The lowest BCUT2D eigenvalue weighted by atomic mass is 10.0. The quantitative estimate of drug-likeness (QED) is 0.817. The van der Waals surface area contributed by atoms with Crippen LogP contribution in [0.4, 0.5) is 0 Å². The Labute approximate surface area is 90.9 Å². The van der Waals surface area contributed by atoms with Crippen LogP contribution in [0.1, 0.15) is 31.4 Å². The maximum Gasteiger partial charge on any atom is 0.0771 e. The lowest BCUT2D eigenvalue weighted by Gasteiger charge is -2.23. The molecule has 82 valence electrons. The zero-order valence-corrected chi connectivity index (χ0v) is 9.15. The first-order valence-electron chi connectivity index (χ1n) is 5.66. The van der Waals surface area contributed by atoms with Crippen LogP contribution in [0.3, 0.4) is 0 Å². The molecule has 0 amide bonds. The molecule has 0 bridgehead atoms. The molecule has 1 aliphatic heterocycles. The molecule has 0 aliphatic carbocycles. The van der Waals surface area contributed by atoms with Gasteiger partial charge in [0.25, 0.3) is 0 Å². The van der Waals surface area contributed by atoms with E-state index in [1.165, 1.54) is 12.0 Å². The molecule has 1 fully saturated rings. The Morgan fingerprint density at radius 2 is 2.60 bits per heavy atom. The summed E-state index contributed by atoms with van der Waals surface area (Å²) in [5.41, 5.74) is 1.23. The Kier molecular flexibility index (Phi) is 3.69. The van der Waals surface area contributed by atoms with E-state index in [-0.39, 0.29) is 0 Å². The zero-order chi connectivity index (χ0) is 10.5. The van der Waals surface area contributed by atoms with Crippen LogP contribution < -0.4 is 5.32 Å². The van der Waals surface area contributed by atoms with E-state index in [1.54, 1.807) is 0 Å². The maximum absolute atomic E-state index is 5.73. The predicted molar refractivity (Wildman–Crippen MR) is 59.6 cm³/mol. The third-order valence-electron chi connectivity index (χ3n) is 2.80. The molecule has 1 aromatic heterocycles. The first-order chi connectivity index (χ1) is 7.42. The van der Waals surface area contributed by atoms with Gasteiger partial charge in [-0.25, -0.2) is 0 Å². The Hall–Kier alpha value is -0.930. The van der Waals surface area contributed by atoms with Crippen molar-refractivity contribution in [1.29, 1.82) is 0 Å². The molecule has 1 aliphatic rings. The number of ether oxygens (including phenoxy) is 1. The van der Waals surface area contributed by atoms with Crippen LogP contribution in [0, 0.1) is 0 Å². The second-order valence-corrected chi connectivity index (χ2v) is 3.87. The number of likely N-dealkylation sites (N-methyl/N-ethyl adjacent to an activating group) is 1. The van der Waals surface area contributed by atoms with E-state index in [9.17, 15) is 0 Å². The summed E-state index contributed by atoms with van der Waals surface area (Å²) in [5.74, 6) is 0. The standard InChI is InChI=1S/C12H18N2O/c1-2-14-12(11-6-4-8-15-11)10-5-3-7-13-9-10/h3,5,7,9,11-12,14H,2,4,6,8H2,1H3. The Balaban J connectivity index is 2.11. The van der Waals surface area contributed by atoms with Crippen molar-refractivity contribution in [2.45, 2.75) is 31.9 Å². The van der Waals surface area contributed by atoms with Crippen molar-refractivity contribution in [2.75, 3.05) is 13.2 Å². The van der Waals surface area contributed by atoms with Crippen molar-refractivity contribution >= 4 is 0 Å². The van der Waals surface area contributed by atoms with E-state index < -0.39 is 0 Å². The Morgan fingerprint density at radius 3 is 3.20 bits per heavy atom. The normalized spacial score (nSPS) is 22.9. The van der Waals surface area contributed by atoms with Gasteiger partial charge in [-0.2, -0.15) is 0 Å². The molecule has 3 heteroatoms. The van der Waals surface area contributed by atoms with Crippen molar-refractivity contribution < 1.29 is 4.74 Å². The van der Waals surface area contributed by atoms with Crippen molar-refractivity contribution in [2.24, 2.45) is 0 Å². The number of nitrogens with zero attached hydrogens (tertiary/aromatic N) is 1. The van der Waals surface area contributed by atoms with Crippen LogP contribution in [0.5, 0.6) is 0 Å². The minimum Gasteiger partial charge on any atom is -0.376 e. The molecule has 1 N–H and O–H groups in total. The lowest BCUT2D eigenvalue weighted by Crippen LogP contribution is -2.31. The van der Waals surface area contributed by atoms with Gasteiger partial charge in [0.05, 0.1) is 12.1 Å². The number of pyridine rings is 1. The summed E-state index contributed by atoms with van der Waals surface area (Å²) in [6, 6.07) is 4.39. The van der Waals surface area contributed by atoms with Crippen molar-refractivity contribution in [3.05, 3.63) is 30.1 Å². The summed E-state index contributed by atoms with van der Waals surface area (Å²) in [7, 11) is 0. The summed E-state index contributed by atoms with van der Waals surface area (Å²) in [4.78, 5) is 4.16. The monoisotopic (exact) mass is 206 g/mol. The Morgan fingerprint density at radius 1 is 1.67 bits per heavy atom. The number of hydrogen-bond donors (Lipinski definition) is 1. The highest BCUT2D eigenvalue weighted by Gasteiger charge is 2.26. The van der Waals surface area contributed by atoms with Gasteiger partial charge in [-0.3, -0.25) is 4.98 Å². The van der Waals surface area contributed by atoms with Crippen LogP contribution in [0.2, 0.25) is 0 Å². The highest BCUT2D eigenvalue weighted by atomic mass is 16.5. The van der Waals surface area contributed by atoms with Crippen LogP contribution in [-0.2, 0) is 4.74 Å². The van der Waals surface area contributed by atoms with E-state index >= 15 is 0 Å². The molecule has 1 saturated heterocycles. The first kappa shape index (κ1) is 10.6. The van der Waals surface area contributed by atoms with Gasteiger partial charge < -0.3 is 10.1 Å². The molecule has 2 heterocycles. The first-order valence-corrected chi connectivity index (χ1v) is 5.66. The summed E-state index contributed by atoms with van der Waals surface area (Å²) >= 11 is 0. The van der Waals surface area contributed by atoms with Crippen LogP contribution >= 0.6 is 0 Å². The summed E-state index contributed by atoms with van der Waals surface area (Å²) in [5, 5.41) is 3.48. The number of aromatic nitrogens is 1. The van der Waals surface area contributed by atoms with Gasteiger partial charge >= 0.3 is 0 Å². The molecule has 0 radical (unpaired) electrons. The third-order valence-corrected chi connectivity index (χ3v) is 2.80. The molecule has 3 nitrogen and oxygen atoms in total. The largest absolute Gasteiger partial charge is 0.376 e. The topological polar surface area (TPSA) is 34.2 Å². The maximum atomic E-state index is 5.73. The molecule has 15 heavy (non-hydrogen) atoms. The number of hydrogen-bond acceptors (Lipinski definition) is 3. The number of rotatable bonds is 4. The van der Waals surface area contributed by atoms with Gasteiger partial charge in [0.15, 0.2) is 0 Å². The van der Waals surface area contributed by atoms with E-state index in [0.717, 1.165) is 19.6 Å². The number of nitrogens with one attached hydrogen (secondary N) is 1. The average Bonchev–Trinajstić information content (AvgIpc) is 2.80. The summed E-state index contributed by atoms with van der Waals surface area (Å²) in [6.07, 6.45) is 6.37. The van der Waals surface area contributed by atoms with Crippen LogP contribution in [0.15, 0.2) is 24.5 Å². The minimum atomic E-state index is 0.297. The van der Waals surface area contributed by atoms with Crippen molar-refractivity contribution in [3.63, 3.8) is 0 Å². The Bertz CT molecular complexity index is 283. The van der Waals surface area contributed by atoms with Gasteiger partial charge in [-0.1, -0.05) is 13.0 Å². The lowest BCUT2D eigenvalue weighted by molar-refractivity contribution is 0.0787. The smallest absolute Gasteiger partial charge is 0.0771 e. The molecule has 1 aromatic rings. The third kappa shape index (κ3) is 2.55. The highest BCUT2D eigenvalue weighted by molar-refractivity contribution is 5.15. The van der Waals surface area contributed by atoms with E-state index in [0.29, 0.717) is 12.1 Å². The minimum absolute atomic E-state index is 0.297. The van der Waals surface area contributed by atoms with Gasteiger partial charge in [0, 0.05) is 19.0 Å². The molecular weight excluding hydrogens is 188 g/mol. The van der Waals surface area contributed by atoms with E-state index in [2.05, 4.69) is 23.3 Å². The van der Waals surface area contributed by atoms with Crippen LogP contribution in [0.25, 0.3) is 0 Å². The van der Waals surface area contributed by atoms with Crippen molar-refractivity contribution in [3.8, 4) is 0 Å². The average molecular weight is 206 g/mol.